The van der Waals surface area contributed by atoms with Crippen molar-refractivity contribution in [1.82, 2.24) is 9.03 Å². The summed E-state index contributed by atoms with van der Waals surface area (Å²) in [6, 6.07) is 0. The quantitative estimate of drug-likeness (QED) is 0.798. The molecule has 0 aliphatic carbocycles. The van der Waals surface area contributed by atoms with Gasteiger partial charge in [0.05, 0.1) is 6.10 Å². The van der Waals surface area contributed by atoms with Crippen molar-refractivity contribution < 1.29 is 17.9 Å². The van der Waals surface area contributed by atoms with Crippen LogP contribution in [0.5, 0.6) is 0 Å². The van der Waals surface area contributed by atoms with Crippen LogP contribution in [0.2, 0.25) is 0 Å². The Kier molecular flexibility index (Phi) is 13.5. The van der Waals surface area contributed by atoms with Crippen molar-refractivity contribution in [3.05, 3.63) is 0 Å². The molecule has 0 spiro atoms. The number of ether oxygens (including phenoxy) is 1. The molecule has 7 heteroatoms. The van der Waals surface area contributed by atoms with E-state index in [9.17, 15) is 13.2 Å². The molecular formula is C12H28N2O4S. The highest BCUT2D eigenvalue weighted by atomic mass is 32.2. The Morgan fingerprint density at radius 1 is 1.26 bits per heavy atom. The van der Waals surface area contributed by atoms with Gasteiger partial charge in [0, 0.05) is 20.2 Å². The zero-order chi connectivity index (χ0) is 15.3. The topological polar surface area (TPSA) is 75.7 Å². The highest BCUT2D eigenvalue weighted by Crippen LogP contribution is 2.14. The molecule has 1 fully saturated rings. The largest absolute Gasteiger partial charge is 0.381 e. The molecule has 6 nitrogen and oxygen atoms in total. The number of piperidine rings is 1. The van der Waals surface area contributed by atoms with Crippen LogP contribution in [0, 0.1) is 0 Å². The van der Waals surface area contributed by atoms with Gasteiger partial charge >= 0.3 is 10.2 Å². The van der Waals surface area contributed by atoms with Gasteiger partial charge in [0.2, 0.25) is 6.41 Å². The van der Waals surface area contributed by atoms with E-state index >= 15 is 0 Å². The number of hydrogen-bond acceptors (Lipinski definition) is 4. The zero-order valence-electron chi connectivity index (χ0n) is 12.7. The van der Waals surface area contributed by atoms with E-state index in [0.717, 1.165) is 0 Å². The minimum Gasteiger partial charge on any atom is -0.381 e. The summed E-state index contributed by atoms with van der Waals surface area (Å²) in [5.41, 5.74) is 0. The Morgan fingerprint density at radius 3 is 2.00 bits per heavy atom. The van der Waals surface area contributed by atoms with Gasteiger partial charge in [0.15, 0.2) is 0 Å². The van der Waals surface area contributed by atoms with E-state index in [1.807, 2.05) is 13.8 Å². The SMILES string of the molecule is CC.CCC.COC1CCN(S(=O)(=O)NC=O)CC1. The molecule has 0 saturated carbocycles. The Hall–Kier alpha value is -0.660. The summed E-state index contributed by atoms with van der Waals surface area (Å²) in [6.45, 7) is 9.03. The first-order valence-electron chi connectivity index (χ1n) is 6.75. The number of rotatable bonds is 4. The number of carbonyl (C=O) groups is 1. The molecule has 0 aromatic carbocycles. The lowest BCUT2D eigenvalue weighted by molar-refractivity contribution is -0.108. The first kappa shape index (κ1) is 20.7. The Morgan fingerprint density at radius 2 is 1.68 bits per heavy atom. The fourth-order valence-electron chi connectivity index (χ4n) is 1.44. The van der Waals surface area contributed by atoms with Gasteiger partial charge < -0.3 is 4.74 Å². The standard InChI is InChI=1S/C7H14N2O4S.C3H8.C2H6/c1-13-7-2-4-9(5-3-7)14(11,12)8-6-10;1-3-2;1-2/h6-7H,2-5H2,1H3,(H,8,10);3H2,1-2H3;1-2H3. The van der Waals surface area contributed by atoms with Crippen LogP contribution in [0.4, 0.5) is 0 Å². The van der Waals surface area contributed by atoms with E-state index in [-0.39, 0.29) is 12.5 Å². The minimum absolute atomic E-state index is 0.123. The van der Waals surface area contributed by atoms with E-state index in [0.29, 0.717) is 25.9 Å². The second-order valence-electron chi connectivity index (χ2n) is 3.78. The van der Waals surface area contributed by atoms with Crippen LogP contribution in [0.3, 0.4) is 0 Å². The molecule has 0 radical (unpaired) electrons. The van der Waals surface area contributed by atoms with E-state index in [1.165, 1.54) is 10.7 Å². The second kappa shape index (κ2) is 12.4. The molecule has 1 heterocycles. The zero-order valence-corrected chi connectivity index (χ0v) is 13.5. The second-order valence-corrected chi connectivity index (χ2v) is 5.48. The van der Waals surface area contributed by atoms with Crippen LogP contribution in [0.15, 0.2) is 0 Å². The van der Waals surface area contributed by atoms with Gasteiger partial charge in [0.25, 0.3) is 0 Å². The molecule has 0 aromatic heterocycles. The third-order valence-corrected chi connectivity index (χ3v) is 3.71. The minimum atomic E-state index is -3.61. The average molecular weight is 296 g/mol. The van der Waals surface area contributed by atoms with Gasteiger partial charge in [-0.3, -0.25) is 4.79 Å². The van der Waals surface area contributed by atoms with Crippen molar-refractivity contribution in [2.45, 2.75) is 53.1 Å². The number of carbonyl (C=O) groups excluding carboxylic acids is 1. The Bertz CT molecular complexity index is 299. The number of methoxy groups -OCH3 is 1. The molecule has 0 unspecified atom stereocenters. The van der Waals surface area contributed by atoms with Crippen LogP contribution in [0.25, 0.3) is 0 Å². The lowest BCUT2D eigenvalue weighted by Gasteiger charge is -2.29. The number of nitrogens with one attached hydrogen (secondary N) is 1. The van der Waals surface area contributed by atoms with Gasteiger partial charge in [-0.2, -0.15) is 12.7 Å². The molecule has 0 aromatic rings. The molecule has 1 aliphatic heterocycles. The van der Waals surface area contributed by atoms with Crippen LogP contribution < -0.4 is 4.72 Å². The predicted molar refractivity (Wildman–Crippen MR) is 77.0 cm³/mol. The average Bonchev–Trinajstić information content (AvgIpc) is 2.42. The summed E-state index contributed by atoms with van der Waals surface area (Å²) in [5.74, 6) is 0. The van der Waals surface area contributed by atoms with Gasteiger partial charge in [-0.25, -0.2) is 4.72 Å². The fourth-order valence-corrected chi connectivity index (χ4v) is 2.41. The molecule has 1 aliphatic rings. The summed E-state index contributed by atoms with van der Waals surface area (Å²) in [4.78, 5) is 10.0. The lowest BCUT2D eigenvalue weighted by atomic mass is 10.1. The van der Waals surface area contributed by atoms with Crippen molar-refractivity contribution in [3.63, 3.8) is 0 Å². The molecule has 116 valence electrons. The van der Waals surface area contributed by atoms with Gasteiger partial charge in [-0.15, -0.1) is 0 Å². The normalized spacial score (nSPS) is 16.5. The first-order chi connectivity index (χ1) is 9.01. The van der Waals surface area contributed by atoms with Crippen molar-refractivity contribution in [2.75, 3.05) is 20.2 Å². The van der Waals surface area contributed by atoms with Crippen molar-refractivity contribution >= 4 is 16.6 Å². The maximum Gasteiger partial charge on any atom is 0.303 e. The van der Waals surface area contributed by atoms with Crippen LogP contribution in [-0.2, 0) is 19.7 Å². The van der Waals surface area contributed by atoms with Crippen LogP contribution in [-0.4, -0.2) is 45.4 Å². The molecule has 0 atom stereocenters. The number of amides is 1. The molecule has 19 heavy (non-hydrogen) atoms. The van der Waals surface area contributed by atoms with Crippen LogP contribution >= 0.6 is 0 Å². The molecule has 1 N–H and O–H groups in total. The Labute approximate surface area is 117 Å². The van der Waals surface area contributed by atoms with Gasteiger partial charge in [-0.1, -0.05) is 34.1 Å². The number of nitrogens with zero attached hydrogens (tertiary/aromatic N) is 1. The monoisotopic (exact) mass is 296 g/mol. The maximum absolute atomic E-state index is 11.3. The summed E-state index contributed by atoms with van der Waals surface area (Å²) >= 11 is 0. The van der Waals surface area contributed by atoms with E-state index < -0.39 is 10.2 Å². The molecular weight excluding hydrogens is 268 g/mol. The van der Waals surface area contributed by atoms with E-state index in [2.05, 4.69) is 13.8 Å². The lowest BCUT2D eigenvalue weighted by Crippen LogP contribution is -2.45. The Balaban J connectivity index is 0. The maximum atomic E-state index is 11.3. The predicted octanol–water partition coefficient (Wildman–Crippen LogP) is 1.53. The van der Waals surface area contributed by atoms with Crippen molar-refractivity contribution in [2.24, 2.45) is 0 Å². The summed E-state index contributed by atoms with van der Waals surface area (Å²) in [7, 11) is -2.00. The van der Waals surface area contributed by atoms with Gasteiger partial charge in [0.1, 0.15) is 0 Å². The molecule has 1 amide bonds. The van der Waals surface area contributed by atoms with Crippen molar-refractivity contribution in [3.8, 4) is 0 Å². The van der Waals surface area contributed by atoms with Gasteiger partial charge in [-0.05, 0) is 12.8 Å². The fraction of sp³-hybridized carbons (Fsp3) is 0.917. The summed E-state index contributed by atoms with van der Waals surface area (Å²) < 4.78 is 30.8. The highest BCUT2D eigenvalue weighted by molar-refractivity contribution is 7.87. The molecule has 1 saturated heterocycles. The third kappa shape index (κ3) is 8.96. The summed E-state index contributed by atoms with van der Waals surface area (Å²) in [6.07, 6.45) is 2.88. The smallest absolute Gasteiger partial charge is 0.303 e. The van der Waals surface area contributed by atoms with E-state index in [4.69, 9.17) is 4.74 Å². The van der Waals surface area contributed by atoms with E-state index in [1.54, 1.807) is 11.8 Å². The highest BCUT2D eigenvalue weighted by Gasteiger charge is 2.27. The van der Waals surface area contributed by atoms with Crippen LogP contribution in [0.1, 0.15) is 47.0 Å². The third-order valence-electron chi connectivity index (χ3n) is 2.27. The number of hydrogen-bond donors (Lipinski definition) is 1. The first-order valence-corrected chi connectivity index (χ1v) is 8.19. The molecule has 0 bridgehead atoms. The molecule has 1 rings (SSSR count). The summed E-state index contributed by atoms with van der Waals surface area (Å²) in [5, 5.41) is 0. The van der Waals surface area contributed by atoms with Crippen molar-refractivity contribution in [1.29, 1.82) is 0 Å².